The van der Waals surface area contributed by atoms with Gasteiger partial charge in [0.05, 0.1) is 0 Å². The van der Waals surface area contributed by atoms with Gasteiger partial charge in [0.25, 0.3) is 0 Å². The maximum absolute atomic E-state index is 3.40. The predicted molar refractivity (Wildman–Crippen MR) is 76.4 cm³/mol. The number of rotatable bonds is 5. The van der Waals surface area contributed by atoms with Crippen LogP contribution in [0.25, 0.3) is 0 Å². The predicted octanol–water partition coefficient (Wildman–Crippen LogP) is 3.28. The Morgan fingerprint density at radius 1 is 1.18 bits per heavy atom. The molecule has 1 unspecified atom stereocenters. The van der Waals surface area contributed by atoms with Gasteiger partial charge in [0.2, 0.25) is 0 Å². The van der Waals surface area contributed by atoms with Crippen molar-refractivity contribution in [1.82, 2.24) is 10.2 Å². The molecule has 0 amide bonds. The number of nitrogens with zero attached hydrogens (tertiary/aromatic N) is 1. The molecule has 1 fully saturated rings. The molecule has 1 aliphatic carbocycles. The number of hydrogen-bond donors (Lipinski definition) is 1. The van der Waals surface area contributed by atoms with Crippen molar-refractivity contribution in [3.63, 3.8) is 0 Å². The Morgan fingerprint density at radius 2 is 1.71 bits per heavy atom. The minimum Gasteiger partial charge on any atom is -0.317 e. The molecule has 102 valence electrons. The minimum absolute atomic E-state index is 0.343. The van der Waals surface area contributed by atoms with Gasteiger partial charge in [0.1, 0.15) is 0 Å². The van der Waals surface area contributed by atoms with E-state index in [1.54, 1.807) is 0 Å². The summed E-state index contributed by atoms with van der Waals surface area (Å²) in [7, 11) is 4.39. The number of hydrogen-bond acceptors (Lipinski definition) is 2. The highest BCUT2D eigenvalue weighted by Crippen LogP contribution is 2.26. The van der Waals surface area contributed by atoms with Crippen molar-refractivity contribution < 1.29 is 0 Å². The molecule has 0 radical (unpaired) electrons. The summed E-state index contributed by atoms with van der Waals surface area (Å²) in [5, 5.41) is 3.40. The second-order valence-corrected chi connectivity index (χ2v) is 6.56. The Balaban J connectivity index is 2.48. The maximum atomic E-state index is 3.40. The van der Waals surface area contributed by atoms with E-state index in [4.69, 9.17) is 0 Å². The summed E-state index contributed by atoms with van der Waals surface area (Å²) in [6, 6.07) is 1.39. The fourth-order valence-electron chi connectivity index (χ4n) is 3.00. The molecule has 1 N–H and O–H groups in total. The molecule has 0 saturated heterocycles. The summed E-state index contributed by atoms with van der Waals surface area (Å²) in [4.78, 5) is 2.61. The lowest BCUT2D eigenvalue weighted by Crippen LogP contribution is -2.47. The van der Waals surface area contributed by atoms with Crippen LogP contribution in [0.5, 0.6) is 0 Å². The van der Waals surface area contributed by atoms with E-state index in [1.807, 2.05) is 0 Å². The zero-order valence-corrected chi connectivity index (χ0v) is 12.6. The molecule has 1 atom stereocenters. The van der Waals surface area contributed by atoms with Crippen LogP contribution in [-0.4, -0.2) is 37.6 Å². The van der Waals surface area contributed by atoms with E-state index in [0.717, 1.165) is 6.04 Å². The largest absolute Gasteiger partial charge is 0.317 e. The van der Waals surface area contributed by atoms with E-state index in [0.29, 0.717) is 11.5 Å². The first-order valence-corrected chi connectivity index (χ1v) is 7.35. The fourth-order valence-corrected chi connectivity index (χ4v) is 3.00. The highest BCUT2D eigenvalue weighted by molar-refractivity contribution is 4.84. The van der Waals surface area contributed by atoms with Gasteiger partial charge in [-0.25, -0.2) is 0 Å². The quantitative estimate of drug-likeness (QED) is 0.742. The van der Waals surface area contributed by atoms with Crippen LogP contribution in [0, 0.1) is 5.41 Å². The van der Waals surface area contributed by atoms with Gasteiger partial charge in [-0.15, -0.1) is 0 Å². The zero-order valence-electron chi connectivity index (χ0n) is 12.6. The van der Waals surface area contributed by atoms with Crippen LogP contribution >= 0.6 is 0 Å². The molecule has 0 aliphatic heterocycles. The third-order valence-corrected chi connectivity index (χ3v) is 4.71. The van der Waals surface area contributed by atoms with Gasteiger partial charge in [-0.05, 0) is 39.3 Å². The lowest BCUT2D eigenvalue weighted by Gasteiger charge is -2.38. The van der Waals surface area contributed by atoms with Crippen LogP contribution in [-0.2, 0) is 0 Å². The molecule has 2 nitrogen and oxygen atoms in total. The fraction of sp³-hybridized carbons (Fsp3) is 1.00. The van der Waals surface area contributed by atoms with Crippen LogP contribution < -0.4 is 5.32 Å². The molecule has 0 aromatic carbocycles. The molecule has 0 aromatic rings. The Bertz CT molecular complexity index is 205. The highest BCUT2D eigenvalue weighted by Gasteiger charge is 2.28. The molecular weight excluding hydrogens is 208 g/mol. The monoisotopic (exact) mass is 240 g/mol. The summed E-state index contributed by atoms with van der Waals surface area (Å²) in [5.74, 6) is 0. The van der Waals surface area contributed by atoms with Crippen LogP contribution in [0.15, 0.2) is 0 Å². The zero-order chi connectivity index (χ0) is 12.9. The lowest BCUT2D eigenvalue weighted by atomic mass is 9.84. The lowest BCUT2D eigenvalue weighted by molar-refractivity contribution is 0.124. The molecule has 17 heavy (non-hydrogen) atoms. The molecule has 1 saturated carbocycles. The van der Waals surface area contributed by atoms with Crippen molar-refractivity contribution >= 4 is 0 Å². The first-order valence-electron chi connectivity index (χ1n) is 7.35. The molecular formula is C15H32N2. The summed E-state index contributed by atoms with van der Waals surface area (Å²) in [6.07, 6.45) is 8.55. The van der Waals surface area contributed by atoms with E-state index in [1.165, 1.54) is 45.1 Å². The Labute approximate surface area is 108 Å². The van der Waals surface area contributed by atoms with Gasteiger partial charge in [-0.1, -0.05) is 39.5 Å². The van der Waals surface area contributed by atoms with Gasteiger partial charge in [0, 0.05) is 18.6 Å². The minimum atomic E-state index is 0.343. The average Bonchev–Trinajstić information content (AvgIpc) is 2.55. The van der Waals surface area contributed by atoms with Crippen LogP contribution in [0.2, 0.25) is 0 Å². The van der Waals surface area contributed by atoms with Crippen molar-refractivity contribution in [3.05, 3.63) is 0 Å². The third-order valence-electron chi connectivity index (χ3n) is 4.71. The second-order valence-electron chi connectivity index (χ2n) is 6.56. The molecule has 0 aromatic heterocycles. The Hall–Kier alpha value is -0.0800. The van der Waals surface area contributed by atoms with E-state index in [2.05, 4.69) is 45.1 Å². The highest BCUT2D eigenvalue weighted by atomic mass is 15.1. The molecule has 1 rings (SSSR count). The molecule has 0 spiro atoms. The van der Waals surface area contributed by atoms with Crippen molar-refractivity contribution in [2.45, 2.75) is 71.4 Å². The van der Waals surface area contributed by atoms with Crippen LogP contribution in [0.3, 0.4) is 0 Å². The van der Waals surface area contributed by atoms with Crippen molar-refractivity contribution in [2.24, 2.45) is 5.41 Å². The average molecular weight is 240 g/mol. The van der Waals surface area contributed by atoms with Gasteiger partial charge >= 0.3 is 0 Å². The molecule has 1 aliphatic rings. The maximum Gasteiger partial charge on any atom is 0.00991 e. The normalized spacial score (nSPS) is 21.5. The van der Waals surface area contributed by atoms with Gasteiger partial charge in [-0.2, -0.15) is 0 Å². The van der Waals surface area contributed by atoms with E-state index in [9.17, 15) is 0 Å². The second kappa shape index (κ2) is 6.75. The van der Waals surface area contributed by atoms with Crippen molar-refractivity contribution in [2.75, 3.05) is 20.6 Å². The molecule has 2 heteroatoms. The Kier molecular flexibility index (Phi) is 5.94. The number of nitrogens with one attached hydrogen (secondary N) is 1. The standard InChI is InChI=1S/C15H32N2/c1-13(16-4)15(2,3)12-17(5)14-10-8-6-7-9-11-14/h13-14,16H,6-12H2,1-5H3. The van der Waals surface area contributed by atoms with E-state index < -0.39 is 0 Å². The molecule has 0 bridgehead atoms. The third kappa shape index (κ3) is 4.59. The van der Waals surface area contributed by atoms with Gasteiger partial charge < -0.3 is 10.2 Å². The van der Waals surface area contributed by atoms with Gasteiger partial charge in [0.15, 0.2) is 0 Å². The Morgan fingerprint density at radius 3 is 2.18 bits per heavy atom. The first kappa shape index (κ1) is 15.0. The topological polar surface area (TPSA) is 15.3 Å². The van der Waals surface area contributed by atoms with Crippen molar-refractivity contribution in [3.8, 4) is 0 Å². The SMILES string of the molecule is CNC(C)C(C)(C)CN(C)C1CCCCCC1. The smallest absolute Gasteiger partial charge is 0.00991 e. The molecule has 0 heterocycles. The van der Waals surface area contributed by atoms with Crippen LogP contribution in [0.1, 0.15) is 59.3 Å². The summed E-state index contributed by atoms with van der Waals surface area (Å²) < 4.78 is 0. The van der Waals surface area contributed by atoms with E-state index in [-0.39, 0.29) is 0 Å². The van der Waals surface area contributed by atoms with Crippen molar-refractivity contribution in [1.29, 1.82) is 0 Å². The van der Waals surface area contributed by atoms with Gasteiger partial charge in [-0.3, -0.25) is 0 Å². The summed E-state index contributed by atoms with van der Waals surface area (Å²) in [5.41, 5.74) is 0.343. The summed E-state index contributed by atoms with van der Waals surface area (Å²) in [6.45, 7) is 8.24. The first-order chi connectivity index (χ1) is 7.97. The summed E-state index contributed by atoms with van der Waals surface area (Å²) >= 11 is 0. The van der Waals surface area contributed by atoms with E-state index >= 15 is 0 Å². The van der Waals surface area contributed by atoms with Crippen LogP contribution in [0.4, 0.5) is 0 Å².